The molecule has 0 aliphatic carbocycles. The first-order valence-corrected chi connectivity index (χ1v) is 7.99. The van der Waals surface area contributed by atoms with Crippen LogP contribution in [0.15, 0.2) is 42.5 Å². The minimum Gasteiger partial charge on any atom is -0.495 e. The largest absolute Gasteiger partial charge is 0.495 e. The van der Waals surface area contributed by atoms with E-state index in [1.807, 2.05) is 0 Å². The van der Waals surface area contributed by atoms with Gasteiger partial charge >= 0.3 is 0 Å². The Morgan fingerprint density at radius 3 is 2.44 bits per heavy atom. The lowest BCUT2D eigenvalue weighted by molar-refractivity contribution is -0.116. The molecule has 0 saturated heterocycles. The summed E-state index contributed by atoms with van der Waals surface area (Å²) in [6.45, 7) is 1.64. The van der Waals surface area contributed by atoms with Crippen LogP contribution in [0.3, 0.4) is 0 Å². The van der Waals surface area contributed by atoms with Crippen LogP contribution in [-0.2, 0) is 9.59 Å². The molecule has 0 atom stereocenters. The van der Waals surface area contributed by atoms with Gasteiger partial charge in [-0.2, -0.15) is 0 Å². The van der Waals surface area contributed by atoms with Crippen molar-refractivity contribution in [2.24, 2.45) is 0 Å². The fraction of sp³-hybridized carbons (Fsp3) is 0.222. The Balaban J connectivity index is 1.92. The predicted molar refractivity (Wildman–Crippen MR) is 97.5 cm³/mol. The zero-order valence-electron chi connectivity index (χ0n) is 14.0. The smallest absolute Gasteiger partial charge is 0.227 e. The lowest BCUT2D eigenvalue weighted by atomic mass is 10.2. The highest BCUT2D eigenvalue weighted by Crippen LogP contribution is 2.28. The number of hydrogen-bond donors (Lipinski definition) is 2. The van der Waals surface area contributed by atoms with Gasteiger partial charge < -0.3 is 20.1 Å². The average molecular weight is 363 g/mol. The zero-order valence-corrected chi connectivity index (χ0v) is 14.7. The molecule has 2 N–H and O–H groups in total. The molecule has 0 spiro atoms. The molecule has 2 aromatic rings. The molecule has 25 heavy (non-hydrogen) atoms. The highest BCUT2D eigenvalue weighted by molar-refractivity contribution is 6.30. The summed E-state index contributed by atoms with van der Waals surface area (Å²) >= 11 is 5.80. The predicted octanol–water partition coefficient (Wildman–Crippen LogP) is 3.71. The third-order valence-corrected chi connectivity index (χ3v) is 3.46. The van der Waals surface area contributed by atoms with Crippen LogP contribution in [0.5, 0.6) is 11.5 Å². The highest BCUT2D eigenvalue weighted by Gasteiger charge is 2.10. The summed E-state index contributed by atoms with van der Waals surface area (Å²) in [5.41, 5.74) is 1.05. The third kappa shape index (κ3) is 6.00. The van der Waals surface area contributed by atoms with E-state index in [-0.39, 0.29) is 24.8 Å². The number of nitrogens with one attached hydrogen (secondary N) is 2. The van der Waals surface area contributed by atoms with Crippen LogP contribution in [0.2, 0.25) is 5.02 Å². The molecule has 0 saturated carbocycles. The number of rotatable bonds is 7. The van der Waals surface area contributed by atoms with Crippen molar-refractivity contribution in [3.63, 3.8) is 0 Å². The Bertz CT molecular complexity index is 747. The van der Waals surface area contributed by atoms with E-state index >= 15 is 0 Å². The van der Waals surface area contributed by atoms with Crippen molar-refractivity contribution in [3.8, 4) is 11.5 Å². The molecule has 2 amide bonds. The Morgan fingerprint density at radius 2 is 1.80 bits per heavy atom. The second kappa shape index (κ2) is 8.94. The van der Waals surface area contributed by atoms with Gasteiger partial charge in [0.2, 0.25) is 11.8 Å². The average Bonchev–Trinajstić information content (AvgIpc) is 2.56. The van der Waals surface area contributed by atoms with Gasteiger partial charge in [0, 0.05) is 17.6 Å². The summed E-state index contributed by atoms with van der Waals surface area (Å²) in [6.07, 6.45) is 0.163. The fourth-order valence-corrected chi connectivity index (χ4v) is 2.22. The number of carbonyl (C=O) groups excluding carboxylic acids is 2. The lowest BCUT2D eigenvalue weighted by Gasteiger charge is -2.12. The standard InChI is InChI=1S/C18H19ClN2O4/c1-12(22)20-14-5-8-17(24-2)16(11-14)21-18(23)9-10-25-15-6-3-13(19)4-7-15/h3-8,11H,9-10H2,1-2H3,(H,20,22)(H,21,23). The van der Waals surface area contributed by atoms with Gasteiger partial charge in [0.05, 0.1) is 25.8 Å². The summed E-state index contributed by atoms with van der Waals surface area (Å²) in [5.74, 6) is 0.717. The molecule has 2 rings (SSSR count). The van der Waals surface area contributed by atoms with E-state index in [4.69, 9.17) is 21.1 Å². The maximum Gasteiger partial charge on any atom is 0.227 e. The molecule has 0 fully saturated rings. The van der Waals surface area contributed by atoms with Crippen molar-refractivity contribution in [1.82, 2.24) is 0 Å². The third-order valence-electron chi connectivity index (χ3n) is 3.21. The quantitative estimate of drug-likeness (QED) is 0.787. The Morgan fingerprint density at radius 1 is 1.08 bits per heavy atom. The lowest BCUT2D eigenvalue weighted by Crippen LogP contribution is -2.16. The molecule has 7 heteroatoms. The summed E-state index contributed by atoms with van der Waals surface area (Å²) in [7, 11) is 1.51. The first kappa shape index (κ1) is 18.6. The number of carbonyl (C=O) groups is 2. The maximum absolute atomic E-state index is 12.1. The van der Waals surface area contributed by atoms with Crippen LogP contribution in [0, 0.1) is 0 Å². The second-order valence-corrected chi connectivity index (χ2v) is 5.63. The summed E-state index contributed by atoms with van der Waals surface area (Å²) in [5, 5.41) is 6.03. The van der Waals surface area contributed by atoms with Crippen molar-refractivity contribution in [3.05, 3.63) is 47.5 Å². The first-order chi connectivity index (χ1) is 12.0. The molecule has 0 unspecified atom stereocenters. The first-order valence-electron chi connectivity index (χ1n) is 7.62. The minimum atomic E-state index is -0.229. The van der Waals surface area contributed by atoms with Crippen molar-refractivity contribution >= 4 is 34.8 Å². The van der Waals surface area contributed by atoms with Crippen molar-refractivity contribution in [2.45, 2.75) is 13.3 Å². The molecule has 132 valence electrons. The molecule has 0 bridgehead atoms. The van der Waals surface area contributed by atoms with Gasteiger partial charge in [0.25, 0.3) is 0 Å². The van der Waals surface area contributed by atoms with E-state index in [0.717, 1.165) is 0 Å². The van der Waals surface area contributed by atoms with E-state index < -0.39 is 0 Å². The topological polar surface area (TPSA) is 76.7 Å². The van der Waals surface area contributed by atoms with Gasteiger partial charge in [-0.3, -0.25) is 9.59 Å². The highest BCUT2D eigenvalue weighted by atomic mass is 35.5. The van der Waals surface area contributed by atoms with Gasteiger partial charge in [-0.05, 0) is 42.5 Å². The van der Waals surface area contributed by atoms with Crippen molar-refractivity contribution in [1.29, 1.82) is 0 Å². The van der Waals surface area contributed by atoms with Crippen LogP contribution in [0.1, 0.15) is 13.3 Å². The van der Waals surface area contributed by atoms with E-state index in [0.29, 0.717) is 27.9 Å². The van der Waals surface area contributed by atoms with Gasteiger partial charge in [-0.25, -0.2) is 0 Å². The van der Waals surface area contributed by atoms with Crippen LogP contribution < -0.4 is 20.1 Å². The number of amides is 2. The van der Waals surface area contributed by atoms with E-state index in [2.05, 4.69) is 10.6 Å². The van der Waals surface area contributed by atoms with Gasteiger partial charge in [0.15, 0.2) is 0 Å². The minimum absolute atomic E-state index is 0.163. The molecule has 6 nitrogen and oxygen atoms in total. The number of ether oxygens (including phenoxy) is 2. The molecule has 0 aliphatic rings. The molecule has 0 heterocycles. The fourth-order valence-electron chi connectivity index (χ4n) is 2.09. The number of anilines is 2. The Labute approximate surface area is 151 Å². The molecule has 0 aliphatic heterocycles. The Kier molecular flexibility index (Phi) is 6.65. The second-order valence-electron chi connectivity index (χ2n) is 5.20. The number of hydrogen-bond acceptors (Lipinski definition) is 4. The maximum atomic E-state index is 12.1. The molecule has 0 aromatic heterocycles. The molecular formula is C18H19ClN2O4. The molecule has 2 aromatic carbocycles. The SMILES string of the molecule is COc1ccc(NC(C)=O)cc1NC(=O)CCOc1ccc(Cl)cc1. The zero-order chi connectivity index (χ0) is 18.2. The van der Waals surface area contributed by atoms with Gasteiger partial charge in [-0.1, -0.05) is 11.6 Å². The normalized spacial score (nSPS) is 10.0. The number of halogens is 1. The summed E-state index contributed by atoms with van der Waals surface area (Å²) in [4.78, 5) is 23.2. The van der Waals surface area contributed by atoms with Gasteiger partial charge in [0.1, 0.15) is 11.5 Å². The number of methoxy groups -OCH3 is 1. The van der Waals surface area contributed by atoms with Gasteiger partial charge in [-0.15, -0.1) is 0 Å². The van der Waals surface area contributed by atoms with Crippen LogP contribution in [0.25, 0.3) is 0 Å². The van der Waals surface area contributed by atoms with Crippen molar-refractivity contribution in [2.75, 3.05) is 24.4 Å². The van der Waals surface area contributed by atoms with E-state index in [9.17, 15) is 9.59 Å². The van der Waals surface area contributed by atoms with Crippen LogP contribution in [-0.4, -0.2) is 25.5 Å². The summed E-state index contributed by atoms with van der Waals surface area (Å²) < 4.78 is 10.7. The Hall–Kier alpha value is -2.73. The van der Waals surface area contributed by atoms with Crippen LogP contribution >= 0.6 is 11.6 Å². The molecule has 0 radical (unpaired) electrons. The monoisotopic (exact) mass is 362 g/mol. The number of benzene rings is 2. The van der Waals surface area contributed by atoms with E-state index in [1.165, 1.54) is 14.0 Å². The molecular weight excluding hydrogens is 344 g/mol. The van der Waals surface area contributed by atoms with E-state index in [1.54, 1.807) is 42.5 Å². The van der Waals surface area contributed by atoms with Crippen molar-refractivity contribution < 1.29 is 19.1 Å². The van der Waals surface area contributed by atoms with Crippen LogP contribution in [0.4, 0.5) is 11.4 Å². The summed E-state index contributed by atoms with van der Waals surface area (Å²) in [6, 6.07) is 11.9.